The van der Waals surface area contributed by atoms with Crippen LogP contribution < -0.4 is 10.6 Å². The van der Waals surface area contributed by atoms with Gasteiger partial charge >= 0.3 is 0 Å². The molecule has 0 unspecified atom stereocenters. The molecule has 0 saturated carbocycles. The van der Waals surface area contributed by atoms with E-state index < -0.39 is 0 Å². The molecule has 134 valence electrons. The van der Waals surface area contributed by atoms with Gasteiger partial charge in [-0.25, -0.2) is 9.38 Å². The van der Waals surface area contributed by atoms with Crippen LogP contribution in [0.2, 0.25) is 0 Å². The second-order valence-electron chi connectivity index (χ2n) is 5.95. The number of halogens is 1. The van der Waals surface area contributed by atoms with Crippen LogP contribution in [-0.2, 0) is 13.0 Å². The molecule has 0 bridgehead atoms. The van der Waals surface area contributed by atoms with Crippen LogP contribution in [0, 0.1) is 5.82 Å². The number of pyridine rings is 1. The molecule has 0 amide bonds. The number of aliphatic imine (C=N–C) groups is 1. The zero-order valence-electron chi connectivity index (χ0n) is 14.9. The first-order valence-electron chi connectivity index (χ1n) is 8.86. The molecule has 4 nitrogen and oxygen atoms in total. The van der Waals surface area contributed by atoms with E-state index in [4.69, 9.17) is 0 Å². The molecule has 0 aliphatic carbocycles. The molecule has 1 aromatic heterocycles. The van der Waals surface area contributed by atoms with Crippen molar-refractivity contribution < 1.29 is 4.39 Å². The standard InChI is InChI=1S/C21H23FN4/c1-2-23-21(25-14-11-16-7-3-5-9-19(16)22)26-15-17-12-13-24-20-10-6-4-8-18(17)20/h3-10,12-13H,2,11,14-15H2,1H3,(H2,23,25,26). The third-order valence-corrected chi connectivity index (χ3v) is 4.14. The van der Waals surface area contributed by atoms with E-state index in [1.165, 1.54) is 6.07 Å². The summed E-state index contributed by atoms with van der Waals surface area (Å²) in [5.41, 5.74) is 2.80. The SMILES string of the molecule is CCNC(=NCc1ccnc2ccccc12)NCCc1ccccc1F. The van der Waals surface area contributed by atoms with Crippen LogP contribution in [0.3, 0.4) is 0 Å². The van der Waals surface area contributed by atoms with E-state index in [1.807, 2.05) is 49.5 Å². The van der Waals surface area contributed by atoms with Gasteiger partial charge in [0.15, 0.2) is 5.96 Å². The van der Waals surface area contributed by atoms with Crippen molar-refractivity contribution in [2.45, 2.75) is 19.9 Å². The molecule has 0 aliphatic heterocycles. The fourth-order valence-corrected chi connectivity index (χ4v) is 2.82. The number of hydrogen-bond acceptors (Lipinski definition) is 2. The lowest BCUT2D eigenvalue weighted by molar-refractivity contribution is 0.606. The molecular weight excluding hydrogens is 327 g/mol. The van der Waals surface area contributed by atoms with Crippen molar-refractivity contribution in [2.75, 3.05) is 13.1 Å². The molecule has 1 heterocycles. The predicted molar refractivity (Wildman–Crippen MR) is 105 cm³/mol. The highest BCUT2D eigenvalue weighted by Crippen LogP contribution is 2.16. The lowest BCUT2D eigenvalue weighted by Gasteiger charge is -2.12. The first kappa shape index (κ1) is 17.9. The summed E-state index contributed by atoms with van der Waals surface area (Å²) in [4.78, 5) is 9.04. The molecule has 2 aromatic carbocycles. The quantitative estimate of drug-likeness (QED) is 0.527. The van der Waals surface area contributed by atoms with Gasteiger partial charge in [0.05, 0.1) is 12.1 Å². The molecular formula is C21H23FN4. The van der Waals surface area contributed by atoms with E-state index in [2.05, 4.69) is 26.7 Å². The number of guanidine groups is 1. The van der Waals surface area contributed by atoms with Gasteiger partial charge in [0, 0.05) is 24.7 Å². The molecule has 0 atom stereocenters. The van der Waals surface area contributed by atoms with Gasteiger partial charge in [0.2, 0.25) is 0 Å². The molecule has 3 rings (SSSR count). The largest absolute Gasteiger partial charge is 0.357 e. The number of benzene rings is 2. The highest BCUT2D eigenvalue weighted by atomic mass is 19.1. The summed E-state index contributed by atoms with van der Waals surface area (Å²) < 4.78 is 13.7. The minimum Gasteiger partial charge on any atom is -0.357 e. The first-order valence-corrected chi connectivity index (χ1v) is 8.86. The molecule has 0 spiro atoms. The van der Waals surface area contributed by atoms with Gasteiger partial charge in [-0.1, -0.05) is 36.4 Å². The van der Waals surface area contributed by atoms with Crippen molar-refractivity contribution >= 4 is 16.9 Å². The summed E-state index contributed by atoms with van der Waals surface area (Å²) in [6.45, 7) is 3.96. The number of nitrogens with one attached hydrogen (secondary N) is 2. The van der Waals surface area contributed by atoms with Crippen molar-refractivity contribution in [3.05, 3.63) is 77.7 Å². The van der Waals surface area contributed by atoms with Crippen molar-refractivity contribution in [1.82, 2.24) is 15.6 Å². The Labute approximate surface area is 153 Å². The van der Waals surface area contributed by atoms with Crippen LogP contribution in [0.15, 0.2) is 65.8 Å². The minimum absolute atomic E-state index is 0.167. The Morgan fingerprint density at radius 2 is 1.81 bits per heavy atom. The summed E-state index contributed by atoms with van der Waals surface area (Å²) in [7, 11) is 0. The number of para-hydroxylation sites is 1. The van der Waals surface area contributed by atoms with Crippen LogP contribution in [0.5, 0.6) is 0 Å². The van der Waals surface area contributed by atoms with Gasteiger partial charge in [-0.2, -0.15) is 0 Å². The molecule has 2 N–H and O–H groups in total. The molecule has 0 saturated heterocycles. The lowest BCUT2D eigenvalue weighted by atomic mass is 10.1. The first-order chi connectivity index (χ1) is 12.8. The molecule has 0 radical (unpaired) electrons. The molecule has 3 aromatic rings. The summed E-state index contributed by atoms with van der Waals surface area (Å²) in [5.74, 6) is 0.559. The summed E-state index contributed by atoms with van der Waals surface area (Å²) >= 11 is 0. The summed E-state index contributed by atoms with van der Waals surface area (Å²) in [6.07, 6.45) is 2.42. The number of rotatable bonds is 6. The van der Waals surface area contributed by atoms with Crippen molar-refractivity contribution in [3.63, 3.8) is 0 Å². The van der Waals surface area contributed by atoms with E-state index in [9.17, 15) is 4.39 Å². The summed E-state index contributed by atoms with van der Waals surface area (Å²) in [6, 6.07) is 16.9. The maximum Gasteiger partial charge on any atom is 0.191 e. The Morgan fingerprint density at radius 1 is 1.00 bits per heavy atom. The zero-order valence-corrected chi connectivity index (χ0v) is 14.9. The van der Waals surface area contributed by atoms with E-state index in [1.54, 1.807) is 6.07 Å². The van der Waals surface area contributed by atoms with Crippen molar-refractivity contribution in [3.8, 4) is 0 Å². The third-order valence-electron chi connectivity index (χ3n) is 4.14. The number of aromatic nitrogens is 1. The van der Waals surface area contributed by atoms with Gasteiger partial charge in [-0.3, -0.25) is 4.98 Å². The highest BCUT2D eigenvalue weighted by molar-refractivity contribution is 5.83. The normalized spacial score (nSPS) is 11.5. The smallest absolute Gasteiger partial charge is 0.191 e. The van der Waals surface area contributed by atoms with E-state index in [-0.39, 0.29) is 5.82 Å². The van der Waals surface area contributed by atoms with Gasteiger partial charge in [0.1, 0.15) is 5.82 Å². The average molecular weight is 350 g/mol. The van der Waals surface area contributed by atoms with E-state index in [0.717, 1.165) is 29.0 Å². The van der Waals surface area contributed by atoms with E-state index >= 15 is 0 Å². The Bertz CT molecular complexity index is 887. The molecule has 0 aliphatic rings. The van der Waals surface area contributed by atoms with Crippen LogP contribution in [0.4, 0.5) is 4.39 Å². The highest BCUT2D eigenvalue weighted by Gasteiger charge is 2.04. The second kappa shape index (κ2) is 8.94. The Balaban J connectivity index is 1.66. The summed E-state index contributed by atoms with van der Waals surface area (Å²) in [5, 5.41) is 7.61. The third kappa shape index (κ3) is 4.57. The molecule has 5 heteroatoms. The Kier molecular flexibility index (Phi) is 6.14. The van der Waals surface area contributed by atoms with Gasteiger partial charge in [-0.05, 0) is 42.7 Å². The lowest BCUT2D eigenvalue weighted by Crippen LogP contribution is -2.38. The zero-order chi connectivity index (χ0) is 18.2. The fourth-order valence-electron chi connectivity index (χ4n) is 2.82. The minimum atomic E-state index is -0.167. The number of hydrogen-bond donors (Lipinski definition) is 2. The second-order valence-corrected chi connectivity index (χ2v) is 5.95. The van der Waals surface area contributed by atoms with Gasteiger partial charge < -0.3 is 10.6 Å². The monoisotopic (exact) mass is 350 g/mol. The molecule has 26 heavy (non-hydrogen) atoms. The number of fused-ring (bicyclic) bond motifs is 1. The fraction of sp³-hybridized carbons (Fsp3) is 0.238. The maximum atomic E-state index is 13.7. The van der Waals surface area contributed by atoms with Crippen LogP contribution in [0.25, 0.3) is 10.9 Å². The average Bonchev–Trinajstić information content (AvgIpc) is 2.67. The van der Waals surface area contributed by atoms with Crippen LogP contribution in [-0.4, -0.2) is 24.0 Å². The predicted octanol–water partition coefficient (Wildman–Crippen LogP) is 3.67. The van der Waals surface area contributed by atoms with Crippen LogP contribution >= 0.6 is 0 Å². The topological polar surface area (TPSA) is 49.3 Å². The van der Waals surface area contributed by atoms with Gasteiger partial charge in [-0.15, -0.1) is 0 Å². The maximum absolute atomic E-state index is 13.7. The van der Waals surface area contributed by atoms with Gasteiger partial charge in [0.25, 0.3) is 0 Å². The Morgan fingerprint density at radius 3 is 2.65 bits per heavy atom. The molecule has 0 fully saturated rings. The van der Waals surface area contributed by atoms with E-state index in [0.29, 0.717) is 25.1 Å². The van der Waals surface area contributed by atoms with Crippen molar-refractivity contribution in [1.29, 1.82) is 0 Å². The number of nitrogens with zero attached hydrogens (tertiary/aromatic N) is 2. The van der Waals surface area contributed by atoms with Crippen LogP contribution in [0.1, 0.15) is 18.1 Å². The Hall–Kier alpha value is -2.95. The van der Waals surface area contributed by atoms with Crippen molar-refractivity contribution in [2.24, 2.45) is 4.99 Å².